The van der Waals surface area contributed by atoms with E-state index in [1.807, 2.05) is 7.05 Å². The summed E-state index contributed by atoms with van der Waals surface area (Å²) in [7, 11) is 5.31. The maximum absolute atomic E-state index is 5.30. The summed E-state index contributed by atoms with van der Waals surface area (Å²) in [5.74, 6) is 2.15. The van der Waals surface area contributed by atoms with Gasteiger partial charge in [-0.2, -0.15) is 0 Å². The van der Waals surface area contributed by atoms with Crippen LogP contribution in [0.3, 0.4) is 0 Å². The van der Waals surface area contributed by atoms with Crippen molar-refractivity contribution in [3.63, 3.8) is 0 Å². The normalized spacial score (nSPS) is 12.5. The summed E-state index contributed by atoms with van der Waals surface area (Å²) in [5.41, 5.74) is 1.12. The Kier molecular flexibility index (Phi) is 7.39. The number of rotatable bonds is 9. The Morgan fingerprint density at radius 2 is 1.90 bits per heavy atom. The molecule has 1 rings (SSSR count). The van der Waals surface area contributed by atoms with Crippen molar-refractivity contribution >= 4 is 11.6 Å². The molecular formula is C15H28N4O2. The minimum Gasteiger partial charge on any atom is -0.383 e. The number of nitrogens with one attached hydrogen (secondary N) is 1. The van der Waals surface area contributed by atoms with Crippen molar-refractivity contribution in [3.8, 4) is 0 Å². The lowest BCUT2D eigenvalue weighted by Crippen LogP contribution is -2.40. The van der Waals surface area contributed by atoms with Crippen LogP contribution >= 0.6 is 0 Å². The summed E-state index contributed by atoms with van der Waals surface area (Å²) in [6.07, 6.45) is 1.60. The van der Waals surface area contributed by atoms with E-state index in [2.05, 4.69) is 41.0 Å². The fourth-order valence-electron chi connectivity index (χ4n) is 2.40. The standard InChI is InChI=1S/C15H28N4O2/c1-11(2)13-14(16-4)17-10-18-15(13)19(7-8-20-5)12(3)9-21-6/h10-12H,7-9H2,1-6H3,(H,16,17,18). The molecule has 1 unspecified atom stereocenters. The summed E-state index contributed by atoms with van der Waals surface area (Å²) in [6.45, 7) is 8.48. The van der Waals surface area contributed by atoms with E-state index in [0.29, 0.717) is 19.1 Å². The van der Waals surface area contributed by atoms with Crippen molar-refractivity contribution in [3.05, 3.63) is 11.9 Å². The maximum Gasteiger partial charge on any atom is 0.137 e. The van der Waals surface area contributed by atoms with Crippen molar-refractivity contribution in [2.75, 3.05) is 51.2 Å². The van der Waals surface area contributed by atoms with Crippen LogP contribution in [0.5, 0.6) is 0 Å². The van der Waals surface area contributed by atoms with Crippen molar-refractivity contribution in [2.45, 2.75) is 32.7 Å². The highest BCUT2D eigenvalue weighted by Gasteiger charge is 2.22. The fraction of sp³-hybridized carbons (Fsp3) is 0.733. The number of hydrogen-bond acceptors (Lipinski definition) is 6. The Morgan fingerprint density at radius 1 is 1.19 bits per heavy atom. The van der Waals surface area contributed by atoms with Gasteiger partial charge in [0.1, 0.15) is 18.0 Å². The monoisotopic (exact) mass is 296 g/mol. The number of anilines is 2. The molecule has 0 bridgehead atoms. The van der Waals surface area contributed by atoms with Gasteiger partial charge in [0.25, 0.3) is 0 Å². The smallest absolute Gasteiger partial charge is 0.137 e. The first-order chi connectivity index (χ1) is 10.1. The third kappa shape index (κ3) is 4.54. The third-order valence-corrected chi connectivity index (χ3v) is 3.43. The van der Waals surface area contributed by atoms with Crippen molar-refractivity contribution in [1.29, 1.82) is 0 Å². The number of aromatic nitrogens is 2. The Labute approximate surface area is 127 Å². The summed E-state index contributed by atoms with van der Waals surface area (Å²) in [5, 5.41) is 3.16. The van der Waals surface area contributed by atoms with Crippen molar-refractivity contribution in [2.24, 2.45) is 0 Å². The van der Waals surface area contributed by atoms with Gasteiger partial charge in [-0.1, -0.05) is 13.8 Å². The molecule has 1 N–H and O–H groups in total. The maximum atomic E-state index is 5.30. The van der Waals surface area contributed by atoms with Gasteiger partial charge in [-0.3, -0.25) is 0 Å². The van der Waals surface area contributed by atoms with Crippen molar-refractivity contribution < 1.29 is 9.47 Å². The molecule has 0 saturated heterocycles. The van der Waals surface area contributed by atoms with Crippen LogP contribution in [0.25, 0.3) is 0 Å². The van der Waals surface area contributed by atoms with E-state index in [0.717, 1.165) is 23.7 Å². The van der Waals surface area contributed by atoms with E-state index in [1.54, 1.807) is 20.5 Å². The molecule has 1 aromatic rings. The molecule has 1 aromatic heterocycles. The molecule has 0 aromatic carbocycles. The minimum absolute atomic E-state index is 0.210. The molecule has 0 saturated carbocycles. The predicted octanol–water partition coefficient (Wildman–Crippen LogP) is 2.13. The van der Waals surface area contributed by atoms with Crippen molar-refractivity contribution in [1.82, 2.24) is 9.97 Å². The zero-order valence-corrected chi connectivity index (χ0v) is 14.0. The van der Waals surface area contributed by atoms with E-state index in [9.17, 15) is 0 Å². The number of hydrogen-bond donors (Lipinski definition) is 1. The molecule has 1 heterocycles. The fourth-order valence-corrected chi connectivity index (χ4v) is 2.40. The average Bonchev–Trinajstić information content (AvgIpc) is 2.47. The Morgan fingerprint density at radius 3 is 2.43 bits per heavy atom. The number of ether oxygens (including phenoxy) is 2. The Hall–Kier alpha value is -1.40. The van der Waals surface area contributed by atoms with Crippen LogP contribution in [0.2, 0.25) is 0 Å². The van der Waals surface area contributed by atoms with E-state index in [-0.39, 0.29) is 6.04 Å². The second-order valence-electron chi connectivity index (χ2n) is 5.35. The van der Waals surface area contributed by atoms with E-state index >= 15 is 0 Å². The highest BCUT2D eigenvalue weighted by molar-refractivity contribution is 5.60. The highest BCUT2D eigenvalue weighted by atomic mass is 16.5. The zero-order chi connectivity index (χ0) is 15.8. The van der Waals surface area contributed by atoms with Gasteiger partial charge >= 0.3 is 0 Å². The summed E-state index contributed by atoms with van der Waals surface area (Å²) < 4.78 is 10.5. The topological polar surface area (TPSA) is 59.5 Å². The molecule has 0 amide bonds. The van der Waals surface area contributed by atoms with Gasteiger partial charge in [-0.15, -0.1) is 0 Å². The van der Waals surface area contributed by atoms with Crippen LogP contribution in [0.1, 0.15) is 32.3 Å². The van der Waals surface area contributed by atoms with Gasteiger partial charge in [0.2, 0.25) is 0 Å². The van der Waals surface area contributed by atoms with Crippen LogP contribution in [0, 0.1) is 0 Å². The molecule has 6 heteroatoms. The van der Waals surface area contributed by atoms with Gasteiger partial charge in [-0.25, -0.2) is 9.97 Å². The highest BCUT2D eigenvalue weighted by Crippen LogP contribution is 2.31. The van der Waals surface area contributed by atoms with Crippen LogP contribution in [-0.2, 0) is 9.47 Å². The quantitative estimate of drug-likeness (QED) is 0.753. The van der Waals surface area contributed by atoms with Crippen LogP contribution in [-0.4, -0.2) is 57.0 Å². The first kappa shape index (κ1) is 17.7. The molecular weight excluding hydrogens is 268 g/mol. The number of nitrogens with zero attached hydrogens (tertiary/aromatic N) is 3. The molecule has 0 fully saturated rings. The molecule has 0 aliphatic rings. The SMILES string of the molecule is CNc1ncnc(N(CCOC)C(C)COC)c1C(C)C. The first-order valence-corrected chi connectivity index (χ1v) is 7.33. The van der Waals surface area contributed by atoms with Gasteiger partial charge in [-0.05, 0) is 12.8 Å². The molecule has 6 nitrogen and oxygen atoms in total. The van der Waals surface area contributed by atoms with Gasteiger partial charge in [0, 0.05) is 33.4 Å². The van der Waals surface area contributed by atoms with Gasteiger partial charge in [0.05, 0.1) is 19.3 Å². The van der Waals surface area contributed by atoms with Crippen LogP contribution in [0.4, 0.5) is 11.6 Å². The van der Waals surface area contributed by atoms with Crippen LogP contribution in [0.15, 0.2) is 6.33 Å². The molecule has 0 aliphatic heterocycles. The summed E-state index contributed by atoms with van der Waals surface area (Å²) >= 11 is 0. The lowest BCUT2D eigenvalue weighted by atomic mass is 10.0. The molecule has 1 atom stereocenters. The largest absolute Gasteiger partial charge is 0.383 e. The summed E-state index contributed by atoms with van der Waals surface area (Å²) in [6, 6.07) is 0.210. The Bertz CT molecular complexity index is 426. The lowest BCUT2D eigenvalue weighted by Gasteiger charge is -2.32. The average molecular weight is 296 g/mol. The molecule has 120 valence electrons. The van der Waals surface area contributed by atoms with E-state index < -0.39 is 0 Å². The summed E-state index contributed by atoms with van der Waals surface area (Å²) in [4.78, 5) is 11.1. The second kappa shape index (κ2) is 8.79. The molecule has 21 heavy (non-hydrogen) atoms. The third-order valence-electron chi connectivity index (χ3n) is 3.43. The molecule has 0 spiro atoms. The Balaban J connectivity index is 3.22. The lowest BCUT2D eigenvalue weighted by molar-refractivity contribution is 0.170. The molecule has 0 radical (unpaired) electrons. The van der Waals surface area contributed by atoms with Gasteiger partial charge < -0.3 is 19.7 Å². The minimum atomic E-state index is 0.210. The first-order valence-electron chi connectivity index (χ1n) is 7.33. The van der Waals surface area contributed by atoms with Gasteiger partial charge in [0.15, 0.2) is 0 Å². The number of methoxy groups -OCH3 is 2. The zero-order valence-electron chi connectivity index (χ0n) is 14.0. The second-order valence-corrected chi connectivity index (χ2v) is 5.35. The predicted molar refractivity (Wildman–Crippen MR) is 86.2 cm³/mol. The van der Waals surface area contributed by atoms with E-state index in [4.69, 9.17) is 9.47 Å². The molecule has 0 aliphatic carbocycles. The van der Waals surface area contributed by atoms with E-state index in [1.165, 1.54) is 0 Å². The van der Waals surface area contributed by atoms with Crippen LogP contribution < -0.4 is 10.2 Å².